The normalized spacial score (nSPS) is 11.9. The van der Waals surface area contributed by atoms with E-state index in [9.17, 15) is 18.4 Å². The molecule has 1 aliphatic heterocycles. The van der Waals surface area contributed by atoms with Gasteiger partial charge in [-0.3, -0.25) is 14.9 Å². The van der Waals surface area contributed by atoms with Crippen molar-refractivity contribution in [3.05, 3.63) is 64.7 Å². The predicted octanol–water partition coefficient (Wildman–Crippen LogP) is 3.58. The lowest BCUT2D eigenvalue weighted by molar-refractivity contribution is -0.115. The van der Waals surface area contributed by atoms with E-state index in [1.807, 2.05) is 0 Å². The van der Waals surface area contributed by atoms with Gasteiger partial charge in [-0.15, -0.1) is 11.3 Å². The van der Waals surface area contributed by atoms with E-state index < -0.39 is 17.5 Å². The van der Waals surface area contributed by atoms with Crippen LogP contribution in [0.25, 0.3) is 0 Å². The molecule has 2 amide bonds. The molecule has 0 atom stereocenters. The zero-order chi connectivity index (χ0) is 20.4. The number of amides is 2. The van der Waals surface area contributed by atoms with Gasteiger partial charge in [0, 0.05) is 22.7 Å². The molecule has 148 valence electrons. The minimum absolute atomic E-state index is 0.0879. The van der Waals surface area contributed by atoms with E-state index in [0.29, 0.717) is 27.9 Å². The van der Waals surface area contributed by atoms with Gasteiger partial charge >= 0.3 is 0 Å². The monoisotopic (exact) mass is 417 g/mol. The van der Waals surface area contributed by atoms with Gasteiger partial charge in [0.05, 0.1) is 12.1 Å². The van der Waals surface area contributed by atoms with Crippen LogP contribution < -0.4 is 20.1 Å². The van der Waals surface area contributed by atoms with E-state index >= 15 is 0 Å². The summed E-state index contributed by atoms with van der Waals surface area (Å²) in [7, 11) is 0. The van der Waals surface area contributed by atoms with Gasteiger partial charge < -0.3 is 14.8 Å². The summed E-state index contributed by atoms with van der Waals surface area (Å²) in [5.74, 6) is -1.81. The van der Waals surface area contributed by atoms with Crippen LogP contribution in [-0.2, 0) is 11.2 Å². The van der Waals surface area contributed by atoms with Gasteiger partial charge in [0.2, 0.25) is 12.7 Å². The number of carbonyl (C=O) groups is 2. The molecule has 0 aliphatic carbocycles. The molecular formula is C19H13F2N3O4S. The second-order valence-corrected chi connectivity index (χ2v) is 6.88. The topological polar surface area (TPSA) is 89.6 Å². The highest BCUT2D eigenvalue weighted by Crippen LogP contribution is 2.32. The van der Waals surface area contributed by atoms with E-state index in [0.717, 1.165) is 23.5 Å². The Balaban J connectivity index is 1.36. The summed E-state index contributed by atoms with van der Waals surface area (Å²) < 4.78 is 36.6. The SMILES string of the molecule is O=C(Cc1csc(NC(=O)c2ccc3c(c2)OCO3)n1)Nc1ccc(F)c(F)c1. The van der Waals surface area contributed by atoms with Crippen molar-refractivity contribution in [1.29, 1.82) is 0 Å². The summed E-state index contributed by atoms with van der Waals surface area (Å²) in [6, 6.07) is 7.90. The summed E-state index contributed by atoms with van der Waals surface area (Å²) >= 11 is 1.16. The standard InChI is InChI=1S/C19H13F2N3O4S/c20-13-3-2-11(6-14(13)21)22-17(25)7-12-8-29-19(23-12)24-18(26)10-1-4-15-16(5-10)28-9-27-15/h1-6,8H,7,9H2,(H,22,25)(H,23,24,26). The highest BCUT2D eigenvalue weighted by molar-refractivity contribution is 7.14. The molecule has 0 spiro atoms. The van der Waals surface area contributed by atoms with Crippen molar-refractivity contribution in [3.8, 4) is 11.5 Å². The third-order valence-electron chi connectivity index (χ3n) is 3.95. The van der Waals surface area contributed by atoms with Crippen LogP contribution in [0.5, 0.6) is 11.5 Å². The molecular weight excluding hydrogens is 404 g/mol. The van der Waals surface area contributed by atoms with Gasteiger partial charge in [0.1, 0.15) is 0 Å². The van der Waals surface area contributed by atoms with Crippen LogP contribution in [0.1, 0.15) is 16.1 Å². The number of nitrogens with zero attached hydrogens (tertiary/aromatic N) is 1. The first-order valence-corrected chi connectivity index (χ1v) is 9.26. The third kappa shape index (κ3) is 4.32. The van der Waals surface area contributed by atoms with Crippen LogP contribution in [0, 0.1) is 11.6 Å². The first kappa shape index (κ1) is 18.8. The fourth-order valence-corrected chi connectivity index (χ4v) is 3.30. The molecule has 0 bridgehead atoms. The maximum Gasteiger partial charge on any atom is 0.257 e. The fraction of sp³-hybridized carbons (Fsp3) is 0.105. The average Bonchev–Trinajstić information content (AvgIpc) is 3.33. The highest BCUT2D eigenvalue weighted by Gasteiger charge is 2.17. The quantitative estimate of drug-likeness (QED) is 0.662. The second-order valence-electron chi connectivity index (χ2n) is 6.02. The molecule has 0 saturated heterocycles. The number of hydrogen-bond donors (Lipinski definition) is 2. The summed E-state index contributed by atoms with van der Waals surface area (Å²) in [4.78, 5) is 28.6. The molecule has 0 saturated carbocycles. The summed E-state index contributed by atoms with van der Waals surface area (Å²) in [6.07, 6.45) is -0.0879. The van der Waals surface area contributed by atoms with Crippen LogP contribution in [0.4, 0.5) is 19.6 Å². The van der Waals surface area contributed by atoms with Crippen molar-refractivity contribution in [1.82, 2.24) is 4.98 Å². The van der Waals surface area contributed by atoms with Gasteiger partial charge in [-0.25, -0.2) is 13.8 Å². The van der Waals surface area contributed by atoms with Crippen molar-refractivity contribution >= 4 is 34.0 Å². The molecule has 10 heteroatoms. The average molecular weight is 417 g/mol. The van der Waals surface area contributed by atoms with Crippen LogP contribution in [0.3, 0.4) is 0 Å². The lowest BCUT2D eigenvalue weighted by Crippen LogP contribution is -2.15. The molecule has 29 heavy (non-hydrogen) atoms. The first-order valence-electron chi connectivity index (χ1n) is 8.38. The van der Waals surface area contributed by atoms with Crippen LogP contribution in [0.2, 0.25) is 0 Å². The number of thiazole rings is 1. The zero-order valence-electron chi connectivity index (χ0n) is 14.7. The number of halogens is 2. The minimum atomic E-state index is -1.05. The number of hydrogen-bond acceptors (Lipinski definition) is 6. The largest absolute Gasteiger partial charge is 0.454 e. The molecule has 2 N–H and O–H groups in total. The van der Waals surface area contributed by atoms with Gasteiger partial charge in [-0.2, -0.15) is 0 Å². The Morgan fingerprint density at radius 1 is 1.03 bits per heavy atom. The van der Waals surface area contributed by atoms with Gasteiger partial charge in [-0.05, 0) is 30.3 Å². The number of carbonyl (C=O) groups excluding carboxylic acids is 2. The molecule has 0 unspecified atom stereocenters. The Bertz CT molecular complexity index is 1100. The van der Waals surface area contributed by atoms with Crippen molar-refractivity contribution in [2.45, 2.75) is 6.42 Å². The van der Waals surface area contributed by atoms with E-state index in [1.54, 1.807) is 23.6 Å². The smallest absolute Gasteiger partial charge is 0.257 e. The molecule has 0 radical (unpaired) electrons. The molecule has 2 heterocycles. The van der Waals surface area contributed by atoms with E-state index in [4.69, 9.17) is 9.47 Å². The lowest BCUT2D eigenvalue weighted by atomic mass is 10.2. The first-order chi connectivity index (χ1) is 14.0. The van der Waals surface area contributed by atoms with Crippen LogP contribution in [-0.4, -0.2) is 23.6 Å². The number of nitrogens with one attached hydrogen (secondary N) is 2. The number of ether oxygens (including phenoxy) is 2. The number of anilines is 2. The molecule has 7 nitrogen and oxygen atoms in total. The van der Waals surface area contributed by atoms with E-state index in [1.165, 1.54) is 6.07 Å². The van der Waals surface area contributed by atoms with Crippen LogP contribution in [0.15, 0.2) is 41.8 Å². The van der Waals surface area contributed by atoms with E-state index in [-0.39, 0.29) is 24.8 Å². The summed E-state index contributed by atoms with van der Waals surface area (Å²) in [6.45, 7) is 0.114. The van der Waals surface area contributed by atoms with Gasteiger partial charge in [0.15, 0.2) is 28.3 Å². The lowest BCUT2D eigenvalue weighted by Gasteiger charge is -2.04. The number of aromatic nitrogens is 1. The molecule has 1 aromatic heterocycles. The Morgan fingerprint density at radius 3 is 2.69 bits per heavy atom. The maximum atomic E-state index is 13.2. The van der Waals surface area contributed by atoms with Crippen molar-refractivity contribution in [2.24, 2.45) is 0 Å². The number of fused-ring (bicyclic) bond motifs is 1. The molecule has 1 aliphatic rings. The van der Waals surface area contributed by atoms with Gasteiger partial charge in [0.25, 0.3) is 5.91 Å². The van der Waals surface area contributed by atoms with Crippen LogP contribution >= 0.6 is 11.3 Å². The highest BCUT2D eigenvalue weighted by atomic mass is 32.1. The Hall–Kier alpha value is -3.53. The molecule has 3 aromatic rings. The van der Waals surface area contributed by atoms with Crippen molar-refractivity contribution in [2.75, 3.05) is 17.4 Å². The summed E-state index contributed by atoms with van der Waals surface area (Å²) in [5, 5.41) is 7.07. The van der Waals surface area contributed by atoms with Crippen molar-refractivity contribution < 1.29 is 27.8 Å². The molecule has 4 rings (SSSR count). The molecule has 0 fully saturated rings. The minimum Gasteiger partial charge on any atom is -0.454 e. The summed E-state index contributed by atoms with van der Waals surface area (Å²) in [5.41, 5.74) is 0.943. The molecule has 2 aromatic carbocycles. The van der Waals surface area contributed by atoms with Crippen molar-refractivity contribution in [3.63, 3.8) is 0 Å². The van der Waals surface area contributed by atoms with Gasteiger partial charge in [-0.1, -0.05) is 0 Å². The predicted molar refractivity (Wildman–Crippen MR) is 101 cm³/mol. The Kier molecular flexibility index (Phi) is 5.09. The maximum absolute atomic E-state index is 13.2. The van der Waals surface area contributed by atoms with E-state index in [2.05, 4.69) is 15.6 Å². The third-order valence-corrected chi connectivity index (χ3v) is 4.76. The number of benzene rings is 2. The number of rotatable bonds is 5. The second kappa shape index (κ2) is 7.84. The zero-order valence-corrected chi connectivity index (χ0v) is 15.5. The fourth-order valence-electron chi connectivity index (χ4n) is 2.60. The Morgan fingerprint density at radius 2 is 1.86 bits per heavy atom. The Labute approximate surface area is 167 Å².